The molecule has 1 heterocycles. The summed E-state index contributed by atoms with van der Waals surface area (Å²) in [5.74, 6) is -0.209. The van der Waals surface area contributed by atoms with E-state index in [0.717, 1.165) is 38.8 Å². The molecule has 0 spiro atoms. The van der Waals surface area contributed by atoms with Gasteiger partial charge in [0.2, 0.25) is 0 Å². The fourth-order valence-electron chi connectivity index (χ4n) is 3.40. The Hall–Kier alpha value is -1.14. The normalized spacial score (nSPS) is 30.7. The summed E-state index contributed by atoms with van der Waals surface area (Å²) in [6.07, 6.45) is 5.92. The van der Waals surface area contributed by atoms with Crippen molar-refractivity contribution in [2.45, 2.75) is 64.2 Å². The Labute approximate surface area is 126 Å². The van der Waals surface area contributed by atoms with E-state index < -0.39 is 0 Å². The van der Waals surface area contributed by atoms with Crippen molar-refractivity contribution in [3.8, 4) is 0 Å². The molecule has 0 aromatic rings. The van der Waals surface area contributed by atoms with Gasteiger partial charge in [0, 0.05) is 6.04 Å². The first-order valence-corrected chi connectivity index (χ1v) is 8.12. The van der Waals surface area contributed by atoms with E-state index >= 15 is 0 Å². The van der Waals surface area contributed by atoms with Crippen LogP contribution in [0.15, 0.2) is 0 Å². The molecule has 1 aliphatic heterocycles. The quantitative estimate of drug-likeness (QED) is 0.678. The SMILES string of the molecule is C[C@H]1C[NH+](CC(=O)NC(=O)NC2CCCCC2)C[C@H](C)O1. The monoisotopic (exact) mass is 298 g/mol. The van der Waals surface area contributed by atoms with Gasteiger partial charge in [-0.2, -0.15) is 0 Å². The maximum Gasteiger partial charge on any atom is 0.321 e. The van der Waals surface area contributed by atoms with E-state index in [4.69, 9.17) is 4.74 Å². The smallest absolute Gasteiger partial charge is 0.321 e. The lowest BCUT2D eigenvalue weighted by atomic mass is 9.96. The summed E-state index contributed by atoms with van der Waals surface area (Å²) < 4.78 is 5.65. The Bertz CT molecular complexity index is 359. The van der Waals surface area contributed by atoms with Crippen LogP contribution in [0.1, 0.15) is 46.0 Å². The largest absolute Gasteiger partial charge is 0.364 e. The van der Waals surface area contributed by atoms with Gasteiger partial charge in [0.25, 0.3) is 5.91 Å². The first-order chi connectivity index (χ1) is 10.0. The molecule has 1 saturated carbocycles. The van der Waals surface area contributed by atoms with Gasteiger partial charge < -0.3 is 15.0 Å². The van der Waals surface area contributed by atoms with Crippen molar-refractivity contribution in [1.29, 1.82) is 0 Å². The second kappa shape index (κ2) is 7.75. The fourth-order valence-corrected chi connectivity index (χ4v) is 3.40. The summed E-state index contributed by atoms with van der Waals surface area (Å²) in [6.45, 7) is 5.98. The molecule has 1 saturated heterocycles. The molecule has 3 amide bonds. The Morgan fingerprint density at radius 3 is 2.33 bits per heavy atom. The lowest BCUT2D eigenvalue weighted by molar-refractivity contribution is -0.907. The molecule has 0 bridgehead atoms. The molecular formula is C15H28N3O3+. The third-order valence-corrected chi connectivity index (χ3v) is 4.22. The van der Waals surface area contributed by atoms with Crippen LogP contribution in [0.3, 0.4) is 0 Å². The third kappa shape index (κ3) is 5.63. The fraction of sp³-hybridized carbons (Fsp3) is 0.867. The zero-order valence-electron chi connectivity index (χ0n) is 13.1. The van der Waals surface area contributed by atoms with Gasteiger partial charge in [0.05, 0.1) is 0 Å². The number of carbonyl (C=O) groups is 2. The van der Waals surface area contributed by atoms with E-state index in [2.05, 4.69) is 10.6 Å². The number of nitrogens with one attached hydrogen (secondary N) is 3. The summed E-state index contributed by atoms with van der Waals surface area (Å²) in [7, 11) is 0. The topological polar surface area (TPSA) is 71.9 Å². The number of hydrogen-bond donors (Lipinski definition) is 3. The Morgan fingerprint density at radius 1 is 1.10 bits per heavy atom. The van der Waals surface area contributed by atoms with Gasteiger partial charge in [-0.1, -0.05) is 19.3 Å². The van der Waals surface area contributed by atoms with Crippen LogP contribution in [0, 0.1) is 0 Å². The molecule has 3 N–H and O–H groups in total. The maximum absolute atomic E-state index is 11.9. The molecule has 0 aromatic heterocycles. The number of quaternary nitrogens is 1. The first-order valence-electron chi connectivity index (χ1n) is 8.12. The van der Waals surface area contributed by atoms with E-state index in [1.54, 1.807) is 0 Å². The number of rotatable bonds is 3. The molecule has 2 atom stereocenters. The molecular weight excluding hydrogens is 270 g/mol. The molecule has 21 heavy (non-hydrogen) atoms. The minimum absolute atomic E-state index is 0.160. The molecule has 0 radical (unpaired) electrons. The van der Waals surface area contributed by atoms with Crippen molar-refractivity contribution in [2.24, 2.45) is 0 Å². The van der Waals surface area contributed by atoms with Crippen LogP contribution < -0.4 is 15.5 Å². The molecule has 0 aromatic carbocycles. The number of hydrogen-bond acceptors (Lipinski definition) is 3. The summed E-state index contributed by atoms with van der Waals surface area (Å²) in [5.41, 5.74) is 0. The van der Waals surface area contributed by atoms with Gasteiger partial charge in [0.15, 0.2) is 6.54 Å². The van der Waals surface area contributed by atoms with Crippen molar-refractivity contribution in [1.82, 2.24) is 10.6 Å². The van der Waals surface area contributed by atoms with Gasteiger partial charge >= 0.3 is 6.03 Å². The highest BCUT2D eigenvalue weighted by molar-refractivity contribution is 5.94. The van der Waals surface area contributed by atoms with Crippen LogP contribution in [0.5, 0.6) is 0 Å². The van der Waals surface area contributed by atoms with Gasteiger partial charge in [-0.3, -0.25) is 10.1 Å². The minimum atomic E-state index is -0.347. The van der Waals surface area contributed by atoms with E-state index in [9.17, 15) is 9.59 Å². The van der Waals surface area contributed by atoms with Crippen LogP contribution in [0.2, 0.25) is 0 Å². The lowest BCUT2D eigenvalue weighted by Crippen LogP contribution is -3.16. The highest BCUT2D eigenvalue weighted by Crippen LogP contribution is 2.17. The molecule has 120 valence electrons. The summed E-state index contributed by atoms with van der Waals surface area (Å²) in [6, 6.07) is -0.122. The molecule has 2 aliphatic rings. The predicted molar refractivity (Wildman–Crippen MR) is 79.1 cm³/mol. The molecule has 2 rings (SSSR count). The first kappa shape index (κ1) is 16.2. The van der Waals surface area contributed by atoms with Crippen molar-refractivity contribution < 1.29 is 19.2 Å². The van der Waals surface area contributed by atoms with Crippen molar-refractivity contribution in [3.63, 3.8) is 0 Å². The molecule has 6 heteroatoms. The van der Waals surface area contributed by atoms with Gasteiger partial charge in [-0.15, -0.1) is 0 Å². The second-order valence-corrected chi connectivity index (χ2v) is 6.45. The Kier molecular flexibility index (Phi) is 5.99. The number of amides is 3. The van der Waals surface area contributed by atoms with Gasteiger partial charge in [-0.05, 0) is 26.7 Å². The highest BCUT2D eigenvalue weighted by Gasteiger charge is 2.27. The maximum atomic E-state index is 11.9. The van der Waals surface area contributed by atoms with E-state index in [0.29, 0.717) is 6.54 Å². The average Bonchev–Trinajstić information content (AvgIpc) is 2.37. The Balaban J connectivity index is 1.69. The highest BCUT2D eigenvalue weighted by atomic mass is 16.5. The lowest BCUT2D eigenvalue weighted by Gasteiger charge is -2.31. The zero-order valence-corrected chi connectivity index (χ0v) is 13.1. The van der Waals surface area contributed by atoms with Crippen molar-refractivity contribution >= 4 is 11.9 Å². The van der Waals surface area contributed by atoms with Gasteiger partial charge in [-0.25, -0.2) is 4.79 Å². The summed E-state index contributed by atoms with van der Waals surface area (Å²) >= 11 is 0. The number of urea groups is 1. The standard InChI is InChI=1S/C15H27N3O3/c1-11-8-18(9-12(2)21-11)10-14(19)17-15(20)16-13-6-4-3-5-7-13/h11-13H,3-10H2,1-2H3,(H2,16,17,19,20)/p+1/t11-,12-/m0/s1. The molecule has 1 aliphatic carbocycles. The van der Waals surface area contributed by atoms with Crippen molar-refractivity contribution in [3.05, 3.63) is 0 Å². The van der Waals surface area contributed by atoms with Crippen LogP contribution in [-0.2, 0) is 9.53 Å². The average molecular weight is 298 g/mol. The van der Waals surface area contributed by atoms with E-state index in [1.165, 1.54) is 11.3 Å². The van der Waals surface area contributed by atoms with Gasteiger partial charge in [0.1, 0.15) is 25.3 Å². The van der Waals surface area contributed by atoms with Crippen LogP contribution in [0.25, 0.3) is 0 Å². The van der Waals surface area contributed by atoms with Crippen molar-refractivity contribution in [2.75, 3.05) is 19.6 Å². The zero-order chi connectivity index (χ0) is 15.2. The predicted octanol–water partition coefficient (Wildman–Crippen LogP) is -0.163. The number of carbonyl (C=O) groups excluding carboxylic acids is 2. The molecule has 2 fully saturated rings. The van der Waals surface area contributed by atoms with E-state index in [-0.39, 0.29) is 30.2 Å². The summed E-state index contributed by atoms with van der Waals surface area (Å²) in [5, 5.41) is 5.35. The third-order valence-electron chi connectivity index (χ3n) is 4.22. The number of ether oxygens (including phenoxy) is 1. The van der Waals surface area contributed by atoms with Crippen LogP contribution in [-0.4, -0.2) is 49.8 Å². The minimum Gasteiger partial charge on any atom is -0.364 e. The van der Waals surface area contributed by atoms with E-state index in [1.807, 2.05) is 13.8 Å². The Morgan fingerprint density at radius 2 is 1.71 bits per heavy atom. The number of morpholine rings is 1. The number of imide groups is 1. The molecule has 6 nitrogen and oxygen atoms in total. The second-order valence-electron chi connectivity index (χ2n) is 6.45. The van der Waals surface area contributed by atoms with Crippen LogP contribution in [0.4, 0.5) is 4.79 Å². The van der Waals surface area contributed by atoms with Crippen LogP contribution >= 0.6 is 0 Å². The molecule has 0 unspecified atom stereocenters. The summed E-state index contributed by atoms with van der Waals surface area (Å²) in [4.78, 5) is 24.9.